The molecule has 0 bridgehead atoms. The molecule has 5 aromatic rings. The zero-order valence-corrected chi connectivity index (χ0v) is 18.3. The summed E-state index contributed by atoms with van der Waals surface area (Å²) in [6, 6.07) is 22.2. The lowest BCUT2D eigenvalue weighted by atomic mass is 10.0. The molecule has 3 aromatic carbocycles. The smallest absolute Gasteiger partial charge is 0.329 e. The van der Waals surface area contributed by atoms with Gasteiger partial charge < -0.3 is 9.72 Å². The van der Waals surface area contributed by atoms with Gasteiger partial charge in [-0.3, -0.25) is 9.13 Å². The first-order chi connectivity index (χ1) is 15.5. The molecule has 0 aliphatic rings. The molecule has 1 N–H and O–H groups in total. The minimum absolute atomic E-state index is 0.0449. The summed E-state index contributed by atoms with van der Waals surface area (Å²) in [5, 5.41) is 0. The molecular weight excluding hydrogens is 400 g/mol. The van der Waals surface area contributed by atoms with Gasteiger partial charge in [0.05, 0.1) is 42.4 Å². The third-order valence-electron chi connectivity index (χ3n) is 5.86. The van der Waals surface area contributed by atoms with Crippen molar-refractivity contribution < 1.29 is 4.74 Å². The van der Waals surface area contributed by atoms with Crippen LogP contribution in [0, 0.1) is 6.92 Å². The number of nitrogens with zero attached hydrogens (tertiary/aromatic N) is 3. The molecule has 0 fully saturated rings. The van der Waals surface area contributed by atoms with Crippen molar-refractivity contribution in [2.24, 2.45) is 7.05 Å². The van der Waals surface area contributed by atoms with Gasteiger partial charge in [-0.1, -0.05) is 42.0 Å². The van der Waals surface area contributed by atoms with Crippen LogP contribution in [0.3, 0.4) is 0 Å². The first-order valence-corrected chi connectivity index (χ1v) is 10.5. The van der Waals surface area contributed by atoms with Crippen molar-refractivity contribution in [3.63, 3.8) is 0 Å². The Labute approximate surface area is 185 Å². The van der Waals surface area contributed by atoms with E-state index in [1.807, 2.05) is 54.1 Å². The Morgan fingerprint density at radius 3 is 2.53 bits per heavy atom. The lowest BCUT2D eigenvalue weighted by Gasteiger charge is -2.08. The van der Waals surface area contributed by atoms with Crippen LogP contribution >= 0.6 is 0 Å². The van der Waals surface area contributed by atoms with Crippen LogP contribution in [-0.2, 0) is 13.6 Å². The van der Waals surface area contributed by atoms with Crippen LogP contribution in [0.4, 0.5) is 0 Å². The highest BCUT2D eigenvalue weighted by molar-refractivity contribution is 5.86. The van der Waals surface area contributed by atoms with E-state index in [1.54, 1.807) is 18.0 Å². The average molecular weight is 425 g/mol. The summed E-state index contributed by atoms with van der Waals surface area (Å²) >= 11 is 0. The molecule has 6 heteroatoms. The molecule has 5 rings (SSSR count). The first-order valence-electron chi connectivity index (χ1n) is 10.5. The largest absolute Gasteiger partial charge is 0.497 e. The normalized spacial score (nSPS) is 11.2. The average Bonchev–Trinajstić information content (AvgIpc) is 3.39. The van der Waals surface area contributed by atoms with Gasteiger partial charge in [-0.15, -0.1) is 0 Å². The van der Waals surface area contributed by atoms with E-state index in [0.717, 1.165) is 44.9 Å². The zero-order valence-electron chi connectivity index (χ0n) is 18.3. The van der Waals surface area contributed by atoms with Crippen LogP contribution < -0.4 is 10.4 Å². The second-order valence-electron chi connectivity index (χ2n) is 7.97. The molecule has 2 heterocycles. The number of methoxy groups -OCH3 is 1. The maximum absolute atomic E-state index is 13.0. The molecule has 0 aliphatic carbocycles. The van der Waals surface area contributed by atoms with E-state index in [9.17, 15) is 4.79 Å². The highest BCUT2D eigenvalue weighted by Gasteiger charge is 2.16. The van der Waals surface area contributed by atoms with Gasteiger partial charge in [0.25, 0.3) is 0 Å². The van der Waals surface area contributed by atoms with E-state index in [1.165, 1.54) is 5.56 Å². The Morgan fingerprint density at radius 2 is 1.78 bits per heavy atom. The number of hydrogen-bond acceptors (Lipinski definition) is 3. The SMILES string of the molecule is COc1ccc(Cn2c(=O)n(C)c3ccc(-c4[nH]cnc4-c4cccc(C)c4)cc32)cc1. The predicted octanol–water partition coefficient (Wildman–Crippen LogP) is 4.76. The summed E-state index contributed by atoms with van der Waals surface area (Å²) in [6.45, 7) is 2.56. The van der Waals surface area contributed by atoms with E-state index in [-0.39, 0.29) is 5.69 Å². The number of aromatic nitrogens is 4. The van der Waals surface area contributed by atoms with Crippen molar-refractivity contribution in [3.8, 4) is 28.3 Å². The number of aromatic amines is 1. The molecule has 0 saturated heterocycles. The van der Waals surface area contributed by atoms with Crippen molar-refractivity contribution in [2.75, 3.05) is 7.11 Å². The van der Waals surface area contributed by atoms with Gasteiger partial charge in [-0.05, 0) is 42.8 Å². The van der Waals surface area contributed by atoms with E-state index < -0.39 is 0 Å². The van der Waals surface area contributed by atoms with Gasteiger partial charge in [0.2, 0.25) is 0 Å². The molecular formula is C26H24N4O2. The van der Waals surface area contributed by atoms with Gasteiger partial charge in [0.1, 0.15) is 5.75 Å². The Kier molecular flexibility index (Phi) is 4.90. The quantitative estimate of drug-likeness (QED) is 0.442. The number of H-pyrrole nitrogens is 1. The number of benzene rings is 3. The third kappa shape index (κ3) is 3.39. The van der Waals surface area contributed by atoms with Gasteiger partial charge in [-0.25, -0.2) is 9.78 Å². The summed E-state index contributed by atoms with van der Waals surface area (Å²) in [5.74, 6) is 0.796. The number of ether oxygens (including phenoxy) is 1. The molecule has 0 aliphatic heterocycles. The molecule has 0 atom stereocenters. The maximum Gasteiger partial charge on any atom is 0.329 e. The first kappa shape index (κ1) is 19.9. The van der Waals surface area contributed by atoms with Crippen molar-refractivity contribution in [1.29, 1.82) is 0 Å². The van der Waals surface area contributed by atoms with Gasteiger partial charge in [-0.2, -0.15) is 0 Å². The van der Waals surface area contributed by atoms with Crippen LogP contribution in [-0.4, -0.2) is 26.2 Å². The fourth-order valence-corrected chi connectivity index (χ4v) is 4.16. The number of fused-ring (bicyclic) bond motifs is 1. The second kappa shape index (κ2) is 7.89. The summed E-state index contributed by atoms with van der Waals surface area (Å²) in [4.78, 5) is 20.9. The Balaban J connectivity index is 1.61. The molecule has 0 amide bonds. The van der Waals surface area contributed by atoms with E-state index in [0.29, 0.717) is 6.54 Å². The summed E-state index contributed by atoms with van der Waals surface area (Å²) < 4.78 is 8.75. The second-order valence-corrected chi connectivity index (χ2v) is 7.97. The van der Waals surface area contributed by atoms with Crippen LogP contribution in [0.1, 0.15) is 11.1 Å². The fourth-order valence-electron chi connectivity index (χ4n) is 4.16. The predicted molar refractivity (Wildman–Crippen MR) is 127 cm³/mol. The summed E-state index contributed by atoms with van der Waals surface area (Å²) in [5.41, 5.74) is 7.83. The Morgan fingerprint density at radius 1 is 0.969 bits per heavy atom. The highest BCUT2D eigenvalue weighted by atomic mass is 16.5. The van der Waals surface area contributed by atoms with Crippen molar-refractivity contribution in [1.82, 2.24) is 19.1 Å². The lowest BCUT2D eigenvalue weighted by Crippen LogP contribution is -2.22. The summed E-state index contributed by atoms with van der Waals surface area (Å²) in [7, 11) is 3.45. The Hall–Kier alpha value is -4.06. The molecule has 2 aromatic heterocycles. The minimum Gasteiger partial charge on any atom is -0.497 e. The standard InChI is InChI=1S/C26H24N4O2/c1-17-5-4-6-19(13-17)24-25(28-16-27-24)20-9-12-22-23(14-20)30(26(31)29(22)2)15-18-7-10-21(32-3)11-8-18/h4-14,16H,15H2,1-3H3,(H,27,28). The molecule has 0 spiro atoms. The third-order valence-corrected chi connectivity index (χ3v) is 5.86. The fraction of sp³-hybridized carbons (Fsp3) is 0.154. The number of nitrogens with one attached hydrogen (secondary N) is 1. The topological polar surface area (TPSA) is 64.8 Å². The van der Waals surface area contributed by atoms with Gasteiger partial charge >= 0.3 is 5.69 Å². The van der Waals surface area contributed by atoms with Crippen LogP contribution in [0.5, 0.6) is 5.75 Å². The zero-order chi connectivity index (χ0) is 22.2. The van der Waals surface area contributed by atoms with Crippen LogP contribution in [0.15, 0.2) is 77.9 Å². The minimum atomic E-state index is -0.0449. The molecule has 0 saturated carbocycles. The molecule has 6 nitrogen and oxygen atoms in total. The highest BCUT2D eigenvalue weighted by Crippen LogP contribution is 2.31. The van der Waals surface area contributed by atoms with Gasteiger partial charge in [0, 0.05) is 18.2 Å². The number of hydrogen-bond donors (Lipinski definition) is 1. The maximum atomic E-state index is 13.0. The monoisotopic (exact) mass is 424 g/mol. The van der Waals surface area contributed by atoms with Crippen LogP contribution in [0.2, 0.25) is 0 Å². The van der Waals surface area contributed by atoms with E-state index >= 15 is 0 Å². The summed E-state index contributed by atoms with van der Waals surface area (Å²) in [6.07, 6.45) is 1.71. The lowest BCUT2D eigenvalue weighted by molar-refractivity contribution is 0.414. The van der Waals surface area contributed by atoms with Crippen molar-refractivity contribution in [2.45, 2.75) is 13.5 Å². The van der Waals surface area contributed by atoms with Crippen molar-refractivity contribution >= 4 is 11.0 Å². The van der Waals surface area contributed by atoms with Crippen molar-refractivity contribution in [3.05, 3.63) is 94.7 Å². The molecule has 0 unspecified atom stereocenters. The number of aryl methyl sites for hydroxylation is 2. The van der Waals surface area contributed by atoms with E-state index in [2.05, 4.69) is 41.2 Å². The van der Waals surface area contributed by atoms with E-state index in [4.69, 9.17) is 4.74 Å². The molecule has 32 heavy (non-hydrogen) atoms. The molecule has 160 valence electrons. The Bertz CT molecular complexity index is 1470. The van der Waals surface area contributed by atoms with Crippen LogP contribution in [0.25, 0.3) is 33.5 Å². The number of imidazole rings is 2. The van der Waals surface area contributed by atoms with Gasteiger partial charge in [0.15, 0.2) is 0 Å². The molecule has 0 radical (unpaired) electrons. The number of rotatable bonds is 5.